The number of fused-ring (bicyclic) bond motifs is 1. The predicted molar refractivity (Wildman–Crippen MR) is 106 cm³/mol. The molecule has 0 bridgehead atoms. The highest BCUT2D eigenvalue weighted by atomic mass is 19.1. The van der Waals surface area contributed by atoms with Crippen LogP contribution in [0, 0.1) is 5.82 Å². The lowest BCUT2D eigenvalue weighted by molar-refractivity contribution is -0.117. The van der Waals surface area contributed by atoms with Gasteiger partial charge in [0.25, 0.3) is 0 Å². The van der Waals surface area contributed by atoms with E-state index < -0.39 is 0 Å². The molecular formula is C20H22FN7O. The summed E-state index contributed by atoms with van der Waals surface area (Å²) in [5, 5.41) is 11.6. The fraction of sp³-hybridized carbons (Fsp3) is 0.400. The molecule has 1 saturated heterocycles. The second kappa shape index (κ2) is 7.40. The Bertz CT molecular complexity index is 1020. The van der Waals surface area contributed by atoms with Gasteiger partial charge in [-0.15, -0.1) is 10.2 Å². The second-order valence-corrected chi connectivity index (χ2v) is 7.60. The van der Waals surface area contributed by atoms with E-state index in [1.54, 1.807) is 18.3 Å². The zero-order valence-electron chi connectivity index (χ0n) is 16.0. The second-order valence-electron chi connectivity index (χ2n) is 7.60. The first-order valence-electron chi connectivity index (χ1n) is 9.90. The van der Waals surface area contributed by atoms with Crippen molar-refractivity contribution in [2.45, 2.75) is 18.8 Å². The first kappa shape index (κ1) is 18.0. The van der Waals surface area contributed by atoms with Gasteiger partial charge in [-0.3, -0.25) is 14.1 Å². The summed E-state index contributed by atoms with van der Waals surface area (Å²) in [6, 6.07) is 5.79. The molecule has 0 atom stereocenters. The minimum Gasteiger partial charge on any atom is -0.351 e. The first-order chi connectivity index (χ1) is 14.2. The molecule has 1 amide bonds. The minimum atomic E-state index is -0.320. The predicted octanol–water partition coefficient (Wildman–Crippen LogP) is 1.90. The maximum atomic E-state index is 13.0. The van der Waals surface area contributed by atoms with Crippen molar-refractivity contribution in [2.24, 2.45) is 0 Å². The van der Waals surface area contributed by atoms with Gasteiger partial charge in [-0.05, 0) is 37.1 Å². The van der Waals surface area contributed by atoms with Crippen molar-refractivity contribution in [1.82, 2.24) is 24.5 Å². The van der Waals surface area contributed by atoms with Crippen molar-refractivity contribution in [3.63, 3.8) is 0 Å². The van der Waals surface area contributed by atoms with Gasteiger partial charge in [0.2, 0.25) is 11.6 Å². The van der Waals surface area contributed by atoms with Crippen molar-refractivity contribution in [3.05, 3.63) is 48.3 Å². The monoisotopic (exact) mass is 395 g/mol. The van der Waals surface area contributed by atoms with Gasteiger partial charge in [0.1, 0.15) is 11.6 Å². The lowest BCUT2D eigenvalue weighted by Crippen LogP contribution is -2.49. The Morgan fingerprint density at radius 1 is 1.10 bits per heavy atom. The van der Waals surface area contributed by atoms with E-state index >= 15 is 0 Å². The standard InChI is InChI=1S/C20H22FN7O/c21-15-3-5-16(6-4-15)23-17(29)13-26-9-11-27(12-10-26)19-20-25-24-18(14-1-2-14)28(20)8-7-22-19/h3-8,14H,1-2,9-13H2,(H,23,29). The highest BCUT2D eigenvalue weighted by molar-refractivity contribution is 5.92. The molecular weight excluding hydrogens is 373 g/mol. The molecule has 1 saturated carbocycles. The number of nitrogens with zero attached hydrogens (tertiary/aromatic N) is 6. The molecule has 9 heteroatoms. The quantitative estimate of drug-likeness (QED) is 0.711. The van der Waals surface area contributed by atoms with Gasteiger partial charge in [0.05, 0.1) is 6.54 Å². The molecule has 8 nitrogen and oxygen atoms in total. The van der Waals surface area contributed by atoms with E-state index in [9.17, 15) is 9.18 Å². The number of carbonyl (C=O) groups is 1. The molecule has 2 aliphatic rings. The summed E-state index contributed by atoms with van der Waals surface area (Å²) in [6.07, 6.45) is 6.09. The van der Waals surface area contributed by atoms with Crippen molar-refractivity contribution >= 4 is 23.1 Å². The fourth-order valence-corrected chi connectivity index (χ4v) is 3.73. The van der Waals surface area contributed by atoms with E-state index in [1.807, 2.05) is 6.20 Å². The van der Waals surface area contributed by atoms with Gasteiger partial charge in [-0.25, -0.2) is 9.37 Å². The zero-order valence-corrected chi connectivity index (χ0v) is 16.0. The van der Waals surface area contributed by atoms with Crippen LogP contribution in [0.25, 0.3) is 5.65 Å². The number of amides is 1. The zero-order chi connectivity index (χ0) is 19.8. The van der Waals surface area contributed by atoms with E-state index in [4.69, 9.17) is 0 Å². The smallest absolute Gasteiger partial charge is 0.238 e. The Morgan fingerprint density at radius 2 is 1.86 bits per heavy atom. The maximum Gasteiger partial charge on any atom is 0.238 e. The van der Waals surface area contributed by atoms with Crippen LogP contribution in [0.3, 0.4) is 0 Å². The van der Waals surface area contributed by atoms with E-state index in [2.05, 4.69) is 34.7 Å². The summed E-state index contributed by atoms with van der Waals surface area (Å²) in [4.78, 5) is 21.1. The highest BCUT2D eigenvalue weighted by Gasteiger charge is 2.30. The van der Waals surface area contributed by atoms with Gasteiger partial charge in [0, 0.05) is 50.2 Å². The van der Waals surface area contributed by atoms with Crippen LogP contribution >= 0.6 is 0 Å². The lowest BCUT2D eigenvalue weighted by atomic mass is 10.3. The molecule has 1 aliphatic heterocycles. The number of anilines is 2. The minimum absolute atomic E-state index is 0.100. The fourth-order valence-electron chi connectivity index (χ4n) is 3.73. The number of carbonyl (C=O) groups excluding carboxylic acids is 1. The summed E-state index contributed by atoms with van der Waals surface area (Å²) >= 11 is 0. The number of halogens is 1. The largest absolute Gasteiger partial charge is 0.351 e. The summed E-state index contributed by atoms with van der Waals surface area (Å²) < 4.78 is 15.0. The van der Waals surface area contributed by atoms with Crippen LogP contribution in [0.5, 0.6) is 0 Å². The van der Waals surface area contributed by atoms with Gasteiger partial charge >= 0.3 is 0 Å². The van der Waals surface area contributed by atoms with Gasteiger partial charge in [0.15, 0.2) is 5.82 Å². The number of aromatic nitrogens is 4. The number of nitrogens with one attached hydrogen (secondary N) is 1. The summed E-state index contributed by atoms with van der Waals surface area (Å²) in [6.45, 7) is 3.34. The normalized spacial score (nSPS) is 17.6. The van der Waals surface area contributed by atoms with E-state index in [-0.39, 0.29) is 11.7 Å². The van der Waals surface area contributed by atoms with Gasteiger partial charge < -0.3 is 10.2 Å². The van der Waals surface area contributed by atoms with Crippen LogP contribution < -0.4 is 10.2 Å². The molecule has 0 spiro atoms. The molecule has 2 aromatic heterocycles. The summed E-state index contributed by atoms with van der Waals surface area (Å²) in [5.41, 5.74) is 1.40. The third kappa shape index (κ3) is 3.77. The third-order valence-corrected chi connectivity index (χ3v) is 5.44. The number of benzene rings is 1. The molecule has 150 valence electrons. The molecule has 3 aromatic rings. The number of rotatable bonds is 5. The Balaban J connectivity index is 1.20. The molecule has 29 heavy (non-hydrogen) atoms. The molecule has 3 heterocycles. The van der Waals surface area contributed by atoms with E-state index in [1.165, 1.54) is 25.0 Å². The van der Waals surface area contributed by atoms with E-state index in [0.717, 1.165) is 43.5 Å². The van der Waals surface area contributed by atoms with Crippen LogP contribution in [0.1, 0.15) is 24.6 Å². The van der Waals surface area contributed by atoms with E-state index in [0.29, 0.717) is 18.2 Å². The topological polar surface area (TPSA) is 78.7 Å². The Morgan fingerprint density at radius 3 is 2.59 bits per heavy atom. The van der Waals surface area contributed by atoms with Crippen molar-refractivity contribution < 1.29 is 9.18 Å². The molecule has 1 aromatic carbocycles. The summed E-state index contributed by atoms with van der Waals surface area (Å²) in [7, 11) is 0. The third-order valence-electron chi connectivity index (χ3n) is 5.44. The molecule has 0 radical (unpaired) electrons. The molecule has 1 aliphatic carbocycles. The Labute approximate surface area is 167 Å². The molecule has 1 N–H and O–H groups in total. The van der Waals surface area contributed by atoms with Crippen LogP contribution in [-0.4, -0.2) is 63.1 Å². The highest BCUT2D eigenvalue weighted by Crippen LogP contribution is 2.39. The van der Waals surface area contributed by atoms with Crippen LogP contribution in [0.4, 0.5) is 15.9 Å². The van der Waals surface area contributed by atoms with Gasteiger partial charge in [-0.1, -0.05) is 0 Å². The van der Waals surface area contributed by atoms with Gasteiger partial charge in [-0.2, -0.15) is 0 Å². The molecule has 0 unspecified atom stereocenters. The number of hydrogen-bond donors (Lipinski definition) is 1. The Hall–Kier alpha value is -3.07. The molecule has 2 fully saturated rings. The average molecular weight is 395 g/mol. The van der Waals surface area contributed by atoms with Crippen molar-refractivity contribution in [2.75, 3.05) is 42.9 Å². The number of piperazine rings is 1. The molecule has 5 rings (SSSR count). The van der Waals surface area contributed by atoms with Crippen molar-refractivity contribution in [3.8, 4) is 0 Å². The maximum absolute atomic E-state index is 13.0. The Kier molecular flexibility index (Phi) is 4.59. The number of hydrogen-bond acceptors (Lipinski definition) is 6. The van der Waals surface area contributed by atoms with Crippen molar-refractivity contribution in [1.29, 1.82) is 0 Å². The van der Waals surface area contributed by atoms with Crippen LogP contribution in [0.2, 0.25) is 0 Å². The average Bonchev–Trinajstić information content (AvgIpc) is 3.48. The van der Waals surface area contributed by atoms with Crippen LogP contribution in [0.15, 0.2) is 36.7 Å². The van der Waals surface area contributed by atoms with Crippen LogP contribution in [-0.2, 0) is 4.79 Å². The lowest BCUT2D eigenvalue weighted by Gasteiger charge is -2.34. The first-order valence-corrected chi connectivity index (χ1v) is 9.90. The SMILES string of the molecule is O=C(CN1CCN(c2nccn3c(C4CC4)nnc23)CC1)Nc1ccc(F)cc1. The summed E-state index contributed by atoms with van der Waals surface area (Å²) in [5.74, 6) is 1.98.